The number of ether oxygens (including phenoxy) is 1. The lowest BCUT2D eigenvalue weighted by molar-refractivity contribution is -0.119. The Morgan fingerprint density at radius 1 is 1.48 bits per heavy atom. The summed E-state index contributed by atoms with van der Waals surface area (Å²) in [6.45, 7) is 2.43. The minimum absolute atomic E-state index is 0.00868. The van der Waals surface area contributed by atoms with E-state index in [0.29, 0.717) is 25.3 Å². The van der Waals surface area contributed by atoms with Gasteiger partial charge in [0.2, 0.25) is 11.8 Å². The molecule has 2 amide bonds. The van der Waals surface area contributed by atoms with Crippen LogP contribution < -0.4 is 10.1 Å². The van der Waals surface area contributed by atoms with Gasteiger partial charge in [-0.15, -0.1) is 0 Å². The number of amides is 2. The van der Waals surface area contributed by atoms with Gasteiger partial charge in [-0.25, -0.2) is 9.37 Å². The van der Waals surface area contributed by atoms with Gasteiger partial charge >= 0.3 is 0 Å². The van der Waals surface area contributed by atoms with Crippen LogP contribution in [0.1, 0.15) is 29.7 Å². The third kappa shape index (κ3) is 4.34. The number of hydrogen-bond donors (Lipinski definition) is 1. The molecule has 0 bridgehead atoms. The molecule has 0 unspecified atom stereocenters. The number of oxazole rings is 1. The number of nitrogens with zero attached hydrogens (tertiary/aromatic N) is 2. The van der Waals surface area contributed by atoms with Gasteiger partial charge in [0.15, 0.2) is 12.3 Å². The number of likely N-dealkylation sites (tertiary alicyclic amines) is 1. The molecule has 0 aliphatic carbocycles. The maximum atomic E-state index is 13.1. The molecule has 2 aromatic rings. The number of benzene rings is 1. The summed E-state index contributed by atoms with van der Waals surface area (Å²) in [5.41, 5.74) is 0.182. The number of nitrogens with one attached hydrogen (secondary N) is 1. The molecular formula is C17H18FN3O4. The van der Waals surface area contributed by atoms with Gasteiger partial charge in [0, 0.05) is 32.1 Å². The van der Waals surface area contributed by atoms with Crippen molar-refractivity contribution in [1.82, 2.24) is 15.2 Å². The van der Waals surface area contributed by atoms with Crippen LogP contribution >= 0.6 is 0 Å². The Hall–Kier alpha value is -2.90. The molecule has 1 fully saturated rings. The number of carbonyl (C=O) groups excluding carboxylic acids is 2. The highest BCUT2D eigenvalue weighted by Crippen LogP contribution is 2.16. The van der Waals surface area contributed by atoms with Crippen molar-refractivity contribution in [2.45, 2.75) is 26.0 Å². The SMILES string of the molecule is CC(=O)N[C@H]1CCN(C(=O)c2coc(COc3cccc(F)c3)n2)C1. The van der Waals surface area contributed by atoms with Gasteiger partial charge in [-0.05, 0) is 18.6 Å². The van der Waals surface area contributed by atoms with Crippen molar-refractivity contribution in [3.8, 4) is 5.75 Å². The molecule has 0 radical (unpaired) electrons. The van der Waals surface area contributed by atoms with Crippen molar-refractivity contribution in [3.05, 3.63) is 47.9 Å². The van der Waals surface area contributed by atoms with Crippen molar-refractivity contribution in [3.63, 3.8) is 0 Å². The summed E-state index contributed by atoms with van der Waals surface area (Å²) < 4.78 is 23.7. The number of carbonyl (C=O) groups is 2. The van der Waals surface area contributed by atoms with Crippen LogP contribution in [0.15, 0.2) is 34.9 Å². The first-order valence-corrected chi connectivity index (χ1v) is 7.90. The van der Waals surface area contributed by atoms with Crippen LogP contribution in [0.3, 0.4) is 0 Å². The maximum absolute atomic E-state index is 13.1. The lowest BCUT2D eigenvalue weighted by Crippen LogP contribution is -2.37. The predicted molar refractivity (Wildman–Crippen MR) is 85.4 cm³/mol. The summed E-state index contributed by atoms with van der Waals surface area (Å²) in [7, 11) is 0. The van der Waals surface area contributed by atoms with Crippen LogP contribution in [0.4, 0.5) is 4.39 Å². The zero-order chi connectivity index (χ0) is 17.8. The summed E-state index contributed by atoms with van der Waals surface area (Å²) in [6.07, 6.45) is 1.98. The summed E-state index contributed by atoms with van der Waals surface area (Å²) in [6, 6.07) is 5.68. The lowest BCUT2D eigenvalue weighted by Gasteiger charge is -2.15. The van der Waals surface area contributed by atoms with E-state index in [4.69, 9.17) is 9.15 Å². The first-order chi connectivity index (χ1) is 12.0. The van der Waals surface area contributed by atoms with E-state index in [1.807, 2.05) is 0 Å². The van der Waals surface area contributed by atoms with Crippen LogP contribution in [0.25, 0.3) is 0 Å². The van der Waals surface area contributed by atoms with Crippen LogP contribution in [0.5, 0.6) is 5.75 Å². The smallest absolute Gasteiger partial charge is 0.275 e. The second-order valence-electron chi connectivity index (χ2n) is 5.81. The van der Waals surface area contributed by atoms with E-state index in [1.54, 1.807) is 11.0 Å². The Morgan fingerprint density at radius 3 is 3.08 bits per heavy atom. The zero-order valence-corrected chi connectivity index (χ0v) is 13.7. The minimum atomic E-state index is -0.400. The summed E-state index contributed by atoms with van der Waals surface area (Å²) in [5, 5.41) is 2.80. The molecule has 3 rings (SSSR count). The van der Waals surface area contributed by atoms with E-state index < -0.39 is 5.82 Å². The Morgan fingerprint density at radius 2 is 2.32 bits per heavy atom. The quantitative estimate of drug-likeness (QED) is 0.891. The molecule has 1 N–H and O–H groups in total. The summed E-state index contributed by atoms with van der Waals surface area (Å²) in [5.74, 6) is -0.191. The van der Waals surface area contributed by atoms with Crippen molar-refractivity contribution in [2.75, 3.05) is 13.1 Å². The molecule has 1 saturated heterocycles. The topological polar surface area (TPSA) is 84.7 Å². The van der Waals surface area contributed by atoms with Crippen LogP contribution in [0.2, 0.25) is 0 Å². The fourth-order valence-electron chi connectivity index (χ4n) is 2.69. The Bertz CT molecular complexity index is 777. The van der Waals surface area contributed by atoms with Crippen molar-refractivity contribution >= 4 is 11.8 Å². The average Bonchev–Trinajstić information content (AvgIpc) is 3.21. The third-order valence-electron chi connectivity index (χ3n) is 3.81. The number of aromatic nitrogens is 1. The van der Waals surface area contributed by atoms with E-state index in [2.05, 4.69) is 10.3 Å². The van der Waals surface area contributed by atoms with Crippen molar-refractivity contribution in [1.29, 1.82) is 0 Å². The first-order valence-electron chi connectivity index (χ1n) is 7.90. The fraction of sp³-hybridized carbons (Fsp3) is 0.353. The van der Waals surface area contributed by atoms with E-state index in [0.717, 1.165) is 0 Å². The van der Waals surface area contributed by atoms with E-state index in [-0.39, 0.29) is 36.0 Å². The molecule has 1 aliphatic rings. The van der Waals surface area contributed by atoms with Gasteiger partial charge in [-0.1, -0.05) is 6.07 Å². The molecule has 2 heterocycles. The largest absolute Gasteiger partial charge is 0.484 e. The van der Waals surface area contributed by atoms with Crippen LogP contribution in [-0.4, -0.2) is 40.8 Å². The molecular weight excluding hydrogens is 329 g/mol. The lowest BCUT2D eigenvalue weighted by atomic mass is 10.2. The highest BCUT2D eigenvalue weighted by atomic mass is 19.1. The van der Waals surface area contributed by atoms with Gasteiger partial charge < -0.3 is 19.4 Å². The third-order valence-corrected chi connectivity index (χ3v) is 3.81. The van der Waals surface area contributed by atoms with Crippen molar-refractivity contribution < 1.29 is 23.1 Å². The molecule has 1 aromatic carbocycles. The maximum Gasteiger partial charge on any atom is 0.275 e. The molecule has 0 spiro atoms. The van der Waals surface area contributed by atoms with Crippen LogP contribution in [-0.2, 0) is 11.4 Å². The monoisotopic (exact) mass is 347 g/mol. The molecule has 1 atom stereocenters. The molecule has 0 saturated carbocycles. The second-order valence-corrected chi connectivity index (χ2v) is 5.81. The Kier molecular flexibility index (Phi) is 4.97. The molecule has 25 heavy (non-hydrogen) atoms. The molecule has 7 nitrogen and oxygen atoms in total. The zero-order valence-electron chi connectivity index (χ0n) is 13.7. The van der Waals surface area contributed by atoms with E-state index >= 15 is 0 Å². The number of halogens is 1. The molecule has 1 aromatic heterocycles. The molecule has 1 aliphatic heterocycles. The second kappa shape index (κ2) is 7.33. The first kappa shape index (κ1) is 16.9. The predicted octanol–water partition coefficient (Wildman–Crippen LogP) is 1.74. The normalized spacial score (nSPS) is 16.7. The number of rotatable bonds is 5. The summed E-state index contributed by atoms with van der Waals surface area (Å²) >= 11 is 0. The fourth-order valence-corrected chi connectivity index (χ4v) is 2.69. The van der Waals surface area contributed by atoms with E-state index in [1.165, 1.54) is 31.4 Å². The van der Waals surface area contributed by atoms with Crippen molar-refractivity contribution in [2.24, 2.45) is 0 Å². The standard InChI is InChI=1S/C17H18FN3O4/c1-11(22)19-13-5-6-21(8-13)17(23)15-9-25-16(20-15)10-24-14-4-2-3-12(18)7-14/h2-4,7,9,13H,5-6,8,10H2,1H3,(H,19,22)/t13-/m0/s1. The Labute approximate surface area is 143 Å². The molecule has 8 heteroatoms. The van der Waals surface area contributed by atoms with Gasteiger partial charge in [0.1, 0.15) is 17.8 Å². The van der Waals surface area contributed by atoms with E-state index in [9.17, 15) is 14.0 Å². The molecule has 132 valence electrons. The number of hydrogen-bond acceptors (Lipinski definition) is 5. The summed E-state index contributed by atoms with van der Waals surface area (Å²) in [4.78, 5) is 29.2. The Balaban J connectivity index is 1.56. The minimum Gasteiger partial charge on any atom is -0.484 e. The average molecular weight is 347 g/mol. The van der Waals surface area contributed by atoms with Gasteiger partial charge in [-0.3, -0.25) is 9.59 Å². The highest BCUT2D eigenvalue weighted by Gasteiger charge is 2.29. The van der Waals surface area contributed by atoms with Crippen LogP contribution in [0, 0.1) is 5.82 Å². The van der Waals surface area contributed by atoms with Gasteiger partial charge in [-0.2, -0.15) is 0 Å². The highest BCUT2D eigenvalue weighted by molar-refractivity contribution is 5.92. The van der Waals surface area contributed by atoms with Gasteiger partial charge in [0.25, 0.3) is 5.91 Å². The van der Waals surface area contributed by atoms with Gasteiger partial charge in [0.05, 0.1) is 0 Å².